The van der Waals surface area contributed by atoms with Crippen LogP contribution in [0.4, 0.5) is 5.69 Å². The number of hydrogen-bond donors (Lipinski definition) is 0. The maximum Gasteiger partial charge on any atom is 0.240 e. The first-order chi connectivity index (χ1) is 13.2. The summed E-state index contributed by atoms with van der Waals surface area (Å²) in [7, 11) is 0. The molecule has 2 bridgehead atoms. The highest BCUT2D eigenvalue weighted by Gasteiger charge is 2.62. The fourth-order valence-corrected chi connectivity index (χ4v) is 5.49. The van der Waals surface area contributed by atoms with Crippen molar-refractivity contribution in [2.24, 2.45) is 11.8 Å². The van der Waals surface area contributed by atoms with Crippen molar-refractivity contribution in [1.82, 2.24) is 4.57 Å². The summed E-state index contributed by atoms with van der Waals surface area (Å²) < 4.78 is 8.11. The summed E-state index contributed by atoms with van der Waals surface area (Å²) in [6, 6.07) is 14.2. The molecule has 0 N–H and O–H groups in total. The second-order valence-electron chi connectivity index (χ2n) is 7.82. The number of nitrogens with zero attached hydrogens (tertiary/aromatic N) is 2. The number of aryl methyl sites for hydroxylation is 1. The Kier molecular flexibility index (Phi) is 2.97. The number of rotatable bonds is 2. The minimum atomic E-state index is -0.288. The van der Waals surface area contributed by atoms with Crippen molar-refractivity contribution in [1.29, 1.82) is 0 Å². The van der Waals surface area contributed by atoms with E-state index in [0.717, 1.165) is 35.7 Å². The number of anilines is 1. The molecular weight excluding hydrogens is 340 g/mol. The molecular formula is C22H20N2O3. The Morgan fingerprint density at radius 1 is 0.926 bits per heavy atom. The Balaban J connectivity index is 1.51. The van der Waals surface area contributed by atoms with Gasteiger partial charge in [-0.2, -0.15) is 0 Å². The normalized spacial score (nSPS) is 29.4. The molecule has 0 radical (unpaired) electrons. The van der Waals surface area contributed by atoms with Crippen LogP contribution in [0.3, 0.4) is 0 Å². The van der Waals surface area contributed by atoms with E-state index in [1.54, 1.807) is 0 Å². The highest BCUT2D eigenvalue weighted by Crippen LogP contribution is 2.49. The van der Waals surface area contributed by atoms with Crippen molar-refractivity contribution in [3.63, 3.8) is 0 Å². The first-order valence-corrected chi connectivity index (χ1v) is 9.73. The van der Waals surface area contributed by atoms with E-state index < -0.39 is 0 Å². The molecule has 3 aromatic rings. The molecule has 0 spiro atoms. The van der Waals surface area contributed by atoms with Crippen LogP contribution in [0.2, 0.25) is 0 Å². The Morgan fingerprint density at radius 3 is 2.30 bits per heavy atom. The van der Waals surface area contributed by atoms with Gasteiger partial charge in [-0.3, -0.25) is 9.59 Å². The summed E-state index contributed by atoms with van der Waals surface area (Å²) >= 11 is 0. The zero-order valence-electron chi connectivity index (χ0n) is 15.1. The van der Waals surface area contributed by atoms with Crippen LogP contribution in [-0.4, -0.2) is 28.6 Å². The number of para-hydroxylation sites is 1. The lowest BCUT2D eigenvalue weighted by Crippen LogP contribution is -2.34. The van der Waals surface area contributed by atoms with Gasteiger partial charge in [-0.25, -0.2) is 4.90 Å². The van der Waals surface area contributed by atoms with Crippen LogP contribution in [-0.2, 0) is 20.9 Å². The van der Waals surface area contributed by atoms with Gasteiger partial charge in [0, 0.05) is 28.4 Å². The molecule has 5 heteroatoms. The molecule has 3 saturated heterocycles. The SMILES string of the molecule is CCn1c2ccccc2c2cc(N3C(=O)[C@@H]4[C@H](C3=O)[C@H]3CC[C@@H]4O3)ccc21. The van der Waals surface area contributed by atoms with Crippen LogP contribution in [0.5, 0.6) is 0 Å². The number of carbonyl (C=O) groups excluding carboxylic acids is 2. The maximum absolute atomic E-state index is 13.1. The smallest absolute Gasteiger partial charge is 0.240 e. The number of aromatic nitrogens is 1. The van der Waals surface area contributed by atoms with E-state index in [1.165, 1.54) is 10.4 Å². The molecule has 2 amide bonds. The van der Waals surface area contributed by atoms with E-state index in [-0.39, 0.29) is 35.9 Å². The van der Waals surface area contributed by atoms with Gasteiger partial charge >= 0.3 is 0 Å². The Hall–Kier alpha value is -2.66. The molecule has 136 valence electrons. The zero-order valence-corrected chi connectivity index (χ0v) is 15.1. The first-order valence-electron chi connectivity index (χ1n) is 9.73. The molecule has 27 heavy (non-hydrogen) atoms. The summed E-state index contributed by atoms with van der Waals surface area (Å²) in [6.07, 6.45) is 1.63. The van der Waals surface area contributed by atoms with E-state index >= 15 is 0 Å². The minimum Gasteiger partial charge on any atom is -0.373 e. The van der Waals surface area contributed by atoms with Gasteiger partial charge in [-0.1, -0.05) is 18.2 Å². The lowest BCUT2D eigenvalue weighted by atomic mass is 9.81. The van der Waals surface area contributed by atoms with E-state index in [4.69, 9.17) is 4.74 Å². The molecule has 4 atom stereocenters. The number of ether oxygens (including phenoxy) is 1. The Bertz CT molecular complexity index is 1100. The third kappa shape index (κ3) is 1.82. The summed E-state index contributed by atoms with van der Waals surface area (Å²) in [5, 5.41) is 2.24. The van der Waals surface area contributed by atoms with E-state index in [1.807, 2.05) is 30.3 Å². The third-order valence-electron chi connectivity index (χ3n) is 6.61. The molecule has 6 rings (SSSR count). The van der Waals surface area contributed by atoms with Gasteiger partial charge in [0.15, 0.2) is 0 Å². The lowest BCUT2D eigenvalue weighted by molar-refractivity contribution is -0.124. The Labute approximate surface area is 156 Å². The standard InChI is InChI=1S/C22H20N2O3/c1-2-23-15-6-4-3-5-13(15)14-11-12(7-8-16(14)23)24-21(25)19-17-9-10-18(27-17)20(19)22(24)26/h3-8,11,17-20H,2,9-10H2,1H3/t17-,18+,19-,20+. The maximum atomic E-state index is 13.1. The van der Waals surface area contributed by atoms with Gasteiger partial charge in [0.1, 0.15) is 0 Å². The molecule has 3 aliphatic rings. The van der Waals surface area contributed by atoms with Gasteiger partial charge in [-0.15, -0.1) is 0 Å². The molecule has 0 unspecified atom stereocenters. The topological polar surface area (TPSA) is 51.5 Å². The second-order valence-corrected chi connectivity index (χ2v) is 7.82. The van der Waals surface area contributed by atoms with Crippen molar-refractivity contribution in [3.05, 3.63) is 42.5 Å². The predicted octanol–water partition coefficient (Wildman–Crippen LogP) is 3.48. The van der Waals surface area contributed by atoms with Gasteiger partial charge in [0.2, 0.25) is 11.8 Å². The van der Waals surface area contributed by atoms with Gasteiger partial charge < -0.3 is 9.30 Å². The minimum absolute atomic E-state index is 0.0767. The molecule has 5 nitrogen and oxygen atoms in total. The van der Waals surface area contributed by atoms with E-state index in [9.17, 15) is 9.59 Å². The highest BCUT2D eigenvalue weighted by atomic mass is 16.5. The second kappa shape index (κ2) is 5.20. The summed E-state index contributed by atoms with van der Waals surface area (Å²) in [5.74, 6) is -0.751. The van der Waals surface area contributed by atoms with Crippen LogP contribution in [0, 0.1) is 11.8 Å². The number of fused-ring (bicyclic) bond motifs is 8. The number of amides is 2. The van der Waals surface area contributed by atoms with Crippen molar-refractivity contribution in [2.75, 3.05) is 4.90 Å². The quantitative estimate of drug-likeness (QED) is 0.658. The molecule has 1 aromatic heterocycles. The van der Waals surface area contributed by atoms with Gasteiger partial charge in [-0.05, 0) is 44.0 Å². The number of benzene rings is 2. The Morgan fingerprint density at radius 2 is 1.59 bits per heavy atom. The van der Waals surface area contributed by atoms with Gasteiger partial charge in [0.05, 0.1) is 29.7 Å². The zero-order chi connectivity index (χ0) is 18.3. The average molecular weight is 360 g/mol. The molecule has 0 saturated carbocycles. The summed E-state index contributed by atoms with van der Waals surface area (Å²) in [6.45, 7) is 3.00. The summed E-state index contributed by atoms with van der Waals surface area (Å²) in [4.78, 5) is 27.6. The third-order valence-corrected chi connectivity index (χ3v) is 6.61. The monoisotopic (exact) mass is 360 g/mol. The van der Waals surface area contributed by atoms with Crippen molar-refractivity contribution < 1.29 is 14.3 Å². The van der Waals surface area contributed by atoms with Crippen molar-refractivity contribution in [2.45, 2.75) is 38.5 Å². The van der Waals surface area contributed by atoms with Crippen LogP contribution < -0.4 is 4.90 Å². The van der Waals surface area contributed by atoms with Crippen LogP contribution >= 0.6 is 0 Å². The molecule has 0 aliphatic carbocycles. The molecule has 3 fully saturated rings. The molecule has 2 aromatic carbocycles. The average Bonchev–Trinajstić information content (AvgIpc) is 3.43. The number of carbonyl (C=O) groups is 2. The van der Waals surface area contributed by atoms with Crippen LogP contribution in [0.25, 0.3) is 21.8 Å². The molecule has 4 heterocycles. The van der Waals surface area contributed by atoms with E-state index in [2.05, 4.69) is 23.6 Å². The fourth-order valence-electron chi connectivity index (χ4n) is 5.49. The van der Waals surface area contributed by atoms with Crippen LogP contribution in [0.1, 0.15) is 19.8 Å². The van der Waals surface area contributed by atoms with E-state index in [0.29, 0.717) is 5.69 Å². The fraction of sp³-hybridized carbons (Fsp3) is 0.364. The number of imide groups is 1. The summed E-state index contributed by atoms with van der Waals surface area (Å²) in [5.41, 5.74) is 2.99. The van der Waals surface area contributed by atoms with Gasteiger partial charge in [0.25, 0.3) is 0 Å². The largest absolute Gasteiger partial charge is 0.373 e. The predicted molar refractivity (Wildman–Crippen MR) is 102 cm³/mol. The van der Waals surface area contributed by atoms with Crippen molar-refractivity contribution >= 4 is 39.3 Å². The van der Waals surface area contributed by atoms with Crippen molar-refractivity contribution in [3.8, 4) is 0 Å². The molecule has 3 aliphatic heterocycles. The highest BCUT2D eigenvalue weighted by molar-refractivity contribution is 6.23. The van der Waals surface area contributed by atoms with Crippen LogP contribution in [0.15, 0.2) is 42.5 Å². The lowest BCUT2D eigenvalue weighted by Gasteiger charge is -2.17. The number of hydrogen-bond acceptors (Lipinski definition) is 3. The first kappa shape index (κ1) is 15.4.